The summed E-state index contributed by atoms with van der Waals surface area (Å²) in [6, 6.07) is 11.6. The molecule has 1 fully saturated rings. The molecule has 1 saturated heterocycles. The molecule has 0 aromatic heterocycles. The van der Waals surface area contributed by atoms with Crippen LogP contribution in [0.15, 0.2) is 47.4 Å². The summed E-state index contributed by atoms with van der Waals surface area (Å²) in [4.78, 5) is 25.0. The van der Waals surface area contributed by atoms with E-state index in [1.807, 2.05) is 6.92 Å². The van der Waals surface area contributed by atoms with Gasteiger partial charge in [0.2, 0.25) is 11.8 Å². The van der Waals surface area contributed by atoms with Crippen LogP contribution in [0.4, 0.5) is 5.69 Å². The SMILES string of the molecule is CCc1ccc(S(=O)(=O)C2CNC(SCC(=O)Nc3cc(OC)cc(OC)c3)NC2=O)cc1. The third-order valence-electron chi connectivity index (χ3n) is 5.11. The maximum Gasteiger partial charge on any atom is 0.241 e. The monoisotopic (exact) mass is 493 g/mol. The second kappa shape index (κ2) is 10.9. The molecule has 1 heterocycles. The van der Waals surface area contributed by atoms with Crippen LogP contribution in [0.1, 0.15) is 12.5 Å². The Morgan fingerprint density at radius 1 is 1.12 bits per heavy atom. The van der Waals surface area contributed by atoms with E-state index in [9.17, 15) is 18.0 Å². The Hall–Kier alpha value is -2.76. The summed E-state index contributed by atoms with van der Waals surface area (Å²) in [5.41, 5.74) is 0.942. The van der Waals surface area contributed by atoms with Crippen LogP contribution >= 0.6 is 11.8 Å². The van der Waals surface area contributed by atoms with Crippen molar-refractivity contribution in [3.63, 3.8) is 0 Å². The molecule has 1 aliphatic heterocycles. The van der Waals surface area contributed by atoms with E-state index in [-0.39, 0.29) is 23.1 Å². The fourth-order valence-corrected chi connectivity index (χ4v) is 5.56. The number of anilines is 1. The van der Waals surface area contributed by atoms with Gasteiger partial charge in [-0.25, -0.2) is 8.42 Å². The van der Waals surface area contributed by atoms with Gasteiger partial charge in [-0.3, -0.25) is 14.9 Å². The first-order chi connectivity index (χ1) is 15.8. The molecule has 2 aromatic carbocycles. The molecule has 11 heteroatoms. The summed E-state index contributed by atoms with van der Waals surface area (Å²) in [6.07, 6.45) is 0.795. The lowest BCUT2D eigenvalue weighted by Crippen LogP contribution is -2.59. The van der Waals surface area contributed by atoms with Crippen LogP contribution in [0.2, 0.25) is 0 Å². The smallest absolute Gasteiger partial charge is 0.241 e. The molecule has 2 amide bonds. The van der Waals surface area contributed by atoms with Crippen LogP contribution < -0.4 is 25.4 Å². The van der Waals surface area contributed by atoms with E-state index in [0.717, 1.165) is 23.7 Å². The Bertz CT molecular complexity index is 1080. The number of aryl methyl sites for hydroxylation is 1. The molecular weight excluding hydrogens is 466 g/mol. The highest BCUT2D eigenvalue weighted by molar-refractivity contribution is 8.00. The lowest BCUT2D eigenvalue weighted by atomic mass is 10.2. The lowest BCUT2D eigenvalue weighted by molar-refractivity contribution is -0.122. The molecule has 178 valence electrons. The zero-order chi connectivity index (χ0) is 24.0. The summed E-state index contributed by atoms with van der Waals surface area (Å²) in [5.74, 6) is 0.221. The molecule has 0 bridgehead atoms. The lowest BCUT2D eigenvalue weighted by Gasteiger charge is -2.29. The predicted molar refractivity (Wildman–Crippen MR) is 127 cm³/mol. The van der Waals surface area contributed by atoms with Gasteiger partial charge in [0, 0.05) is 30.4 Å². The maximum atomic E-state index is 12.9. The number of thioether (sulfide) groups is 1. The number of amides is 2. The average Bonchev–Trinajstić information content (AvgIpc) is 2.82. The Labute approximate surface area is 197 Å². The number of benzene rings is 2. The van der Waals surface area contributed by atoms with Crippen LogP contribution in [0.3, 0.4) is 0 Å². The van der Waals surface area contributed by atoms with Crippen molar-refractivity contribution in [1.82, 2.24) is 10.6 Å². The number of carbonyl (C=O) groups is 2. The van der Waals surface area contributed by atoms with Gasteiger partial charge in [-0.2, -0.15) is 0 Å². The van der Waals surface area contributed by atoms with Crippen molar-refractivity contribution in [2.45, 2.75) is 29.0 Å². The minimum absolute atomic E-state index is 0.0351. The molecule has 3 rings (SSSR count). The number of ether oxygens (including phenoxy) is 2. The maximum absolute atomic E-state index is 12.9. The van der Waals surface area contributed by atoms with Crippen molar-refractivity contribution in [2.24, 2.45) is 0 Å². The van der Waals surface area contributed by atoms with Gasteiger partial charge in [0.25, 0.3) is 0 Å². The van der Waals surface area contributed by atoms with Gasteiger partial charge in [0.05, 0.1) is 24.9 Å². The first-order valence-electron chi connectivity index (χ1n) is 10.3. The predicted octanol–water partition coefficient (Wildman–Crippen LogP) is 1.78. The summed E-state index contributed by atoms with van der Waals surface area (Å²) in [5, 5.41) is 7.13. The standard InChI is InChI=1S/C22H27N3O6S2/c1-4-14-5-7-18(8-6-14)33(28,29)19-12-23-22(25-21(19)27)32-13-20(26)24-15-9-16(30-2)11-17(10-15)31-3/h5-11,19,22-23H,4,12-13H2,1-3H3,(H,24,26)(H,25,27). The zero-order valence-electron chi connectivity index (χ0n) is 18.6. The first kappa shape index (κ1) is 24.9. The van der Waals surface area contributed by atoms with Gasteiger partial charge in [-0.05, 0) is 24.1 Å². The summed E-state index contributed by atoms with van der Waals surface area (Å²) < 4.78 is 36.1. The van der Waals surface area contributed by atoms with Crippen molar-refractivity contribution in [2.75, 3.05) is 31.8 Å². The number of hydrogen-bond donors (Lipinski definition) is 3. The van der Waals surface area contributed by atoms with Crippen LogP contribution in [0, 0.1) is 0 Å². The molecular formula is C22H27N3O6S2. The Morgan fingerprint density at radius 3 is 2.30 bits per heavy atom. The molecule has 2 aromatic rings. The van der Waals surface area contributed by atoms with Crippen molar-refractivity contribution < 1.29 is 27.5 Å². The van der Waals surface area contributed by atoms with Crippen LogP contribution in [-0.4, -0.2) is 57.5 Å². The molecule has 2 atom stereocenters. The highest BCUT2D eigenvalue weighted by Gasteiger charge is 2.38. The molecule has 2 unspecified atom stereocenters. The number of rotatable bonds is 9. The van der Waals surface area contributed by atoms with Crippen LogP contribution in [0.5, 0.6) is 11.5 Å². The molecule has 33 heavy (non-hydrogen) atoms. The summed E-state index contributed by atoms with van der Waals surface area (Å²) in [6.45, 7) is 1.93. The van der Waals surface area contributed by atoms with E-state index >= 15 is 0 Å². The summed E-state index contributed by atoms with van der Waals surface area (Å²) >= 11 is 1.15. The fourth-order valence-electron chi connectivity index (χ4n) is 3.25. The second-order valence-corrected chi connectivity index (χ2v) is 10.5. The Kier molecular flexibility index (Phi) is 8.22. The number of methoxy groups -OCH3 is 2. The molecule has 0 radical (unpaired) electrons. The van der Waals surface area contributed by atoms with Gasteiger partial charge < -0.3 is 20.1 Å². The van der Waals surface area contributed by atoms with Crippen LogP contribution in [0.25, 0.3) is 0 Å². The highest BCUT2D eigenvalue weighted by Crippen LogP contribution is 2.26. The van der Waals surface area contributed by atoms with E-state index in [0.29, 0.717) is 17.2 Å². The quantitative estimate of drug-likeness (QED) is 0.483. The molecule has 9 nitrogen and oxygen atoms in total. The molecule has 0 aliphatic carbocycles. The minimum Gasteiger partial charge on any atom is -0.497 e. The van der Waals surface area contributed by atoms with E-state index in [2.05, 4.69) is 16.0 Å². The topological polar surface area (TPSA) is 123 Å². The molecule has 0 saturated carbocycles. The van der Waals surface area contributed by atoms with E-state index in [4.69, 9.17) is 9.47 Å². The minimum atomic E-state index is -3.83. The number of carbonyl (C=O) groups excluding carboxylic acids is 2. The Balaban J connectivity index is 1.55. The number of nitrogens with one attached hydrogen (secondary N) is 3. The Morgan fingerprint density at radius 2 is 1.76 bits per heavy atom. The van der Waals surface area contributed by atoms with Crippen molar-refractivity contribution in [3.05, 3.63) is 48.0 Å². The molecule has 1 aliphatic rings. The van der Waals surface area contributed by atoms with Crippen molar-refractivity contribution in [3.8, 4) is 11.5 Å². The number of sulfone groups is 1. The fraction of sp³-hybridized carbons (Fsp3) is 0.364. The average molecular weight is 494 g/mol. The van der Waals surface area contributed by atoms with E-state index in [1.165, 1.54) is 26.4 Å². The van der Waals surface area contributed by atoms with Crippen molar-refractivity contribution >= 4 is 39.1 Å². The summed E-state index contributed by atoms with van der Waals surface area (Å²) in [7, 11) is -0.801. The van der Waals surface area contributed by atoms with E-state index in [1.54, 1.807) is 30.3 Å². The van der Waals surface area contributed by atoms with E-state index < -0.39 is 26.5 Å². The second-order valence-electron chi connectivity index (χ2n) is 7.29. The number of hydrogen-bond acceptors (Lipinski definition) is 8. The van der Waals surface area contributed by atoms with Gasteiger partial charge in [0.1, 0.15) is 17.0 Å². The highest BCUT2D eigenvalue weighted by atomic mass is 32.2. The van der Waals surface area contributed by atoms with Crippen LogP contribution in [-0.2, 0) is 25.8 Å². The molecule has 0 spiro atoms. The van der Waals surface area contributed by atoms with Gasteiger partial charge in [-0.1, -0.05) is 19.1 Å². The van der Waals surface area contributed by atoms with Crippen molar-refractivity contribution in [1.29, 1.82) is 0 Å². The normalized spacial score (nSPS) is 18.3. The third-order valence-corrected chi connectivity index (χ3v) is 8.21. The van der Waals surface area contributed by atoms with Gasteiger partial charge >= 0.3 is 0 Å². The largest absolute Gasteiger partial charge is 0.497 e. The molecule has 3 N–H and O–H groups in total. The zero-order valence-corrected chi connectivity index (χ0v) is 20.2. The third kappa shape index (κ3) is 6.18. The van der Waals surface area contributed by atoms with Gasteiger partial charge in [0.15, 0.2) is 15.1 Å². The first-order valence-corrected chi connectivity index (χ1v) is 12.9. The van der Waals surface area contributed by atoms with Gasteiger partial charge in [-0.15, -0.1) is 11.8 Å².